The van der Waals surface area contributed by atoms with Crippen molar-refractivity contribution in [3.63, 3.8) is 0 Å². The van der Waals surface area contributed by atoms with Gasteiger partial charge in [-0.15, -0.1) is 0 Å². The third kappa shape index (κ3) is 0.712. The number of rotatable bonds is 0. The van der Waals surface area contributed by atoms with E-state index in [1.807, 2.05) is 0 Å². The van der Waals surface area contributed by atoms with Gasteiger partial charge in [0.1, 0.15) is 11.5 Å². The molecule has 1 saturated carbocycles. The van der Waals surface area contributed by atoms with Crippen LogP contribution in [0.4, 0.5) is 0 Å². The summed E-state index contributed by atoms with van der Waals surface area (Å²) in [6.45, 7) is 0. The number of hydrogen-bond donors (Lipinski definition) is 0. The van der Waals surface area contributed by atoms with Crippen molar-refractivity contribution in [1.82, 2.24) is 9.97 Å². The molecular weight excluding hydrogens is 172 g/mol. The summed E-state index contributed by atoms with van der Waals surface area (Å²) in [5.41, 5.74) is 2.47. The van der Waals surface area contributed by atoms with Crippen LogP contribution in [0.25, 0.3) is 0 Å². The van der Waals surface area contributed by atoms with Crippen LogP contribution in [0.1, 0.15) is 42.4 Å². The van der Waals surface area contributed by atoms with Crippen LogP contribution in [0.3, 0.4) is 0 Å². The van der Waals surface area contributed by atoms with Crippen molar-refractivity contribution < 1.29 is 0 Å². The van der Waals surface area contributed by atoms with E-state index in [4.69, 9.17) is 11.6 Å². The number of nitrogens with zero attached hydrogens (tertiary/aromatic N) is 2. The molecule has 2 nitrogen and oxygen atoms in total. The van der Waals surface area contributed by atoms with Crippen molar-refractivity contribution in [2.24, 2.45) is 0 Å². The smallest absolute Gasteiger partial charge is 0.136 e. The first-order valence-corrected chi connectivity index (χ1v) is 4.74. The Morgan fingerprint density at radius 1 is 1.25 bits per heavy atom. The molecule has 0 amide bonds. The molecule has 2 aliphatic carbocycles. The van der Waals surface area contributed by atoms with E-state index < -0.39 is 0 Å². The number of aromatic nitrogens is 2. The average Bonchev–Trinajstić information content (AvgIpc) is 2.64. The lowest BCUT2D eigenvalue weighted by Gasteiger charge is -2.13. The summed E-state index contributed by atoms with van der Waals surface area (Å²) in [5.74, 6) is 1.35. The minimum Gasteiger partial charge on any atom is -0.241 e. The van der Waals surface area contributed by atoms with Crippen LogP contribution in [-0.4, -0.2) is 9.97 Å². The number of hydrogen-bond acceptors (Lipinski definition) is 2. The third-order valence-electron chi connectivity index (χ3n) is 3.09. The average molecular weight is 181 g/mol. The first-order valence-electron chi connectivity index (χ1n) is 4.36. The fourth-order valence-corrected chi connectivity index (χ4v) is 2.88. The molecule has 0 spiro atoms. The van der Waals surface area contributed by atoms with E-state index in [0.717, 1.165) is 0 Å². The first-order chi connectivity index (χ1) is 5.86. The lowest BCUT2D eigenvalue weighted by molar-refractivity contribution is 0.691. The molecule has 1 heterocycles. The van der Waals surface area contributed by atoms with Crippen molar-refractivity contribution in [1.29, 1.82) is 0 Å². The van der Waals surface area contributed by atoms with E-state index in [9.17, 15) is 0 Å². The predicted molar refractivity (Wildman–Crippen MR) is 46.4 cm³/mol. The molecule has 3 rings (SSSR count). The van der Waals surface area contributed by atoms with E-state index in [1.54, 1.807) is 6.33 Å². The molecule has 2 bridgehead atoms. The second-order valence-electron chi connectivity index (χ2n) is 3.67. The Morgan fingerprint density at radius 3 is 2.92 bits per heavy atom. The topological polar surface area (TPSA) is 25.8 Å². The highest BCUT2D eigenvalue weighted by Crippen LogP contribution is 2.53. The lowest BCUT2D eigenvalue weighted by atomic mass is 9.98. The van der Waals surface area contributed by atoms with Crippen LogP contribution in [0.2, 0.25) is 5.15 Å². The van der Waals surface area contributed by atoms with Crippen LogP contribution in [0.5, 0.6) is 0 Å². The van der Waals surface area contributed by atoms with Crippen molar-refractivity contribution in [3.8, 4) is 0 Å². The molecule has 0 aromatic carbocycles. The minimum absolute atomic E-state index is 0.665. The standard InChI is InChI=1S/C9H9ClN2/c10-9-7-5-1-2-6(3-5)8(7)11-4-12-9/h4-6H,1-3H2. The molecule has 0 saturated heterocycles. The Balaban J connectivity index is 2.26. The zero-order valence-corrected chi connectivity index (χ0v) is 7.38. The summed E-state index contributed by atoms with van der Waals surface area (Å²) in [7, 11) is 0. The van der Waals surface area contributed by atoms with Crippen molar-refractivity contribution >= 4 is 11.6 Å². The van der Waals surface area contributed by atoms with Crippen LogP contribution >= 0.6 is 11.6 Å². The molecule has 3 heteroatoms. The highest BCUT2D eigenvalue weighted by molar-refractivity contribution is 6.30. The summed E-state index contributed by atoms with van der Waals surface area (Å²) in [4.78, 5) is 8.33. The quantitative estimate of drug-likeness (QED) is 0.574. The summed E-state index contributed by atoms with van der Waals surface area (Å²) in [6, 6.07) is 0. The largest absolute Gasteiger partial charge is 0.241 e. The van der Waals surface area contributed by atoms with Gasteiger partial charge in [-0.3, -0.25) is 0 Å². The maximum atomic E-state index is 6.01. The third-order valence-corrected chi connectivity index (χ3v) is 3.39. The van der Waals surface area contributed by atoms with Gasteiger partial charge in [0, 0.05) is 11.5 Å². The molecule has 1 fully saturated rings. The highest BCUT2D eigenvalue weighted by atomic mass is 35.5. The monoisotopic (exact) mass is 180 g/mol. The Kier molecular flexibility index (Phi) is 1.25. The lowest BCUT2D eigenvalue weighted by Crippen LogP contribution is -2.02. The molecule has 0 radical (unpaired) electrons. The number of fused-ring (bicyclic) bond motifs is 5. The maximum Gasteiger partial charge on any atom is 0.136 e. The maximum absolute atomic E-state index is 6.01. The van der Waals surface area contributed by atoms with E-state index in [-0.39, 0.29) is 0 Å². The summed E-state index contributed by atoms with van der Waals surface area (Å²) in [6.07, 6.45) is 5.42. The van der Waals surface area contributed by atoms with Gasteiger partial charge < -0.3 is 0 Å². The highest BCUT2D eigenvalue weighted by Gasteiger charge is 2.39. The Labute approximate surface area is 76.0 Å². The van der Waals surface area contributed by atoms with Gasteiger partial charge in [0.15, 0.2) is 0 Å². The molecule has 12 heavy (non-hydrogen) atoms. The molecule has 62 valence electrons. The SMILES string of the molecule is Clc1ncnc2c1C1CCC2C1. The Hall–Kier alpha value is -0.630. The van der Waals surface area contributed by atoms with Gasteiger partial charge >= 0.3 is 0 Å². The summed E-state index contributed by atoms with van der Waals surface area (Å²) in [5, 5.41) is 0.687. The number of halogens is 1. The van der Waals surface area contributed by atoms with E-state index >= 15 is 0 Å². The zero-order chi connectivity index (χ0) is 8.13. The molecule has 0 N–H and O–H groups in total. The first kappa shape index (κ1) is 6.84. The van der Waals surface area contributed by atoms with E-state index in [0.29, 0.717) is 17.0 Å². The second-order valence-corrected chi connectivity index (χ2v) is 4.03. The fourth-order valence-electron chi connectivity index (χ4n) is 2.58. The molecular formula is C9H9ClN2. The Morgan fingerprint density at radius 2 is 2.08 bits per heavy atom. The van der Waals surface area contributed by atoms with Gasteiger partial charge in [-0.05, 0) is 25.2 Å². The van der Waals surface area contributed by atoms with Gasteiger partial charge in [-0.25, -0.2) is 9.97 Å². The minimum atomic E-state index is 0.665. The molecule has 2 atom stereocenters. The van der Waals surface area contributed by atoms with Gasteiger partial charge in [0.25, 0.3) is 0 Å². The normalized spacial score (nSPS) is 30.8. The van der Waals surface area contributed by atoms with Crippen LogP contribution in [-0.2, 0) is 0 Å². The van der Waals surface area contributed by atoms with Crippen molar-refractivity contribution in [2.75, 3.05) is 0 Å². The summed E-state index contributed by atoms with van der Waals surface area (Å²) < 4.78 is 0. The second kappa shape index (κ2) is 2.19. The van der Waals surface area contributed by atoms with E-state index in [1.165, 1.54) is 30.5 Å². The Bertz CT molecular complexity index is 337. The summed E-state index contributed by atoms with van der Waals surface area (Å²) >= 11 is 6.01. The van der Waals surface area contributed by atoms with Crippen LogP contribution in [0, 0.1) is 0 Å². The molecule has 1 aromatic heterocycles. The van der Waals surface area contributed by atoms with Gasteiger partial charge in [-0.1, -0.05) is 11.6 Å². The van der Waals surface area contributed by atoms with Crippen molar-refractivity contribution in [2.45, 2.75) is 31.1 Å². The van der Waals surface area contributed by atoms with Crippen molar-refractivity contribution in [3.05, 3.63) is 22.7 Å². The molecule has 1 aromatic rings. The fraction of sp³-hybridized carbons (Fsp3) is 0.556. The van der Waals surface area contributed by atoms with Crippen LogP contribution < -0.4 is 0 Å². The zero-order valence-electron chi connectivity index (χ0n) is 6.63. The van der Waals surface area contributed by atoms with E-state index in [2.05, 4.69) is 9.97 Å². The molecule has 0 aliphatic heterocycles. The van der Waals surface area contributed by atoms with Gasteiger partial charge in [0.2, 0.25) is 0 Å². The predicted octanol–water partition coefficient (Wildman–Crippen LogP) is 2.49. The van der Waals surface area contributed by atoms with Crippen LogP contribution in [0.15, 0.2) is 6.33 Å². The van der Waals surface area contributed by atoms with Gasteiger partial charge in [-0.2, -0.15) is 0 Å². The molecule has 2 unspecified atom stereocenters. The molecule has 2 aliphatic rings. The van der Waals surface area contributed by atoms with Gasteiger partial charge in [0.05, 0.1) is 5.69 Å².